The van der Waals surface area contributed by atoms with Crippen LogP contribution in [0.25, 0.3) is 0 Å². The van der Waals surface area contributed by atoms with Gasteiger partial charge in [0.2, 0.25) is 0 Å². The normalized spacial score (nSPS) is 22.4. The van der Waals surface area contributed by atoms with Gasteiger partial charge in [-0.25, -0.2) is 0 Å². The SMILES string of the molecule is CN=C(NCC1(SC)CCOCC1)NC1CCCN(c2ccccc2C#N)C1. The van der Waals surface area contributed by atoms with Crippen molar-refractivity contribution in [1.29, 1.82) is 5.26 Å². The average molecular weight is 402 g/mol. The number of aliphatic imine (C=N–C) groups is 1. The minimum absolute atomic E-state index is 0.222. The predicted octanol–water partition coefficient (Wildman–Crippen LogP) is 2.60. The fraction of sp³-hybridized carbons (Fsp3) is 0.619. The third-order valence-electron chi connectivity index (χ3n) is 5.77. The number of benzene rings is 1. The molecule has 0 aliphatic carbocycles. The lowest BCUT2D eigenvalue weighted by atomic mass is 9.99. The Morgan fingerprint density at radius 1 is 1.39 bits per heavy atom. The van der Waals surface area contributed by atoms with Crippen LogP contribution in [0.15, 0.2) is 29.3 Å². The molecule has 2 fully saturated rings. The highest BCUT2D eigenvalue weighted by atomic mass is 32.2. The summed E-state index contributed by atoms with van der Waals surface area (Å²) >= 11 is 1.93. The molecule has 2 N–H and O–H groups in total. The van der Waals surface area contributed by atoms with Crippen LogP contribution in [-0.4, -0.2) is 62.9 Å². The highest BCUT2D eigenvalue weighted by Crippen LogP contribution is 2.33. The number of nitrogens with one attached hydrogen (secondary N) is 2. The zero-order valence-corrected chi connectivity index (χ0v) is 17.7. The maximum Gasteiger partial charge on any atom is 0.191 e. The first-order chi connectivity index (χ1) is 13.7. The Morgan fingerprint density at radius 2 is 2.18 bits per heavy atom. The van der Waals surface area contributed by atoms with Gasteiger partial charge < -0.3 is 20.3 Å². The summed E-state index contributed by atoms with van der Waals surface area (Å²) in [6, 6.07) is 10.5. The van der Waals surface area contributed by atoms with Crippen LogP contribution in [0, 0.1) is 11.3 Å². The van der Waals surface area contributed by atoms with E-state index in [1.807, 2.05) is 43.1 Å². The monoisotopic (exact) mass is 401 g/mol. The first-order valence-electron chi connectivity index (χ1n) is 10.0. The van der Waals surface area contributed by atoms with Crippen LogP contribution in [0.1, 0.15) is 31.2 Å². The molecule has 0 saturated carbocycles. The molecule has 28 heavy (non-hydrogen) atoms. The first kappa shape index (κ1) is 20.8. The summed E-state index contributed by atoms with van der Waals surface area (Å²) in [5.41, 5.74) is 1.77. The molecule has 2 saturated heterocycles. The summed E-state index contributed by atoms with van der Waals surface area (Å²) < 4.78 is 5.76. The van der Waals surface area contributed by atoms with E-state index >= 15 is 0 Å². The lowest BCUT2D eigenvalue weighted by Crippen LogP contribution is -2.54. The molecule has 152 valence electrons. The van der Waals surface area contributed by atoms with Gasteiger partial charge in [0.25, 0.3) is 0 Å². The van der Waals surface area contributed by atoms with Crippen LogP contribution < -0.4 is 15.5 Å². The van der Waals surface area contributed by atoms with Crippen molar-refractivity contribution in [3.05, 3.63) is 29.8 Å². The molecule has 1 aromatic carbocycles. The minimum Gasteiger partial charge on any atom is -0.381 e. The Kier molecular flexibility index (Phi) is 7.46. The Bertz CT molecular complexity index is 711. The van der Waals surface area contributed by atoms with Gasteiger partial charge in [-0.3, -0.25) is 4.99 Å². The summed E-state index contributed by atoms with van der Waals surface area (Å²) in [4.78, 5) is 6.76. The zero-order chi connectivity index (χ0) is 19.8. The predicted molar refractivity (Wildman–Crippen MR) is 117 cm³/mol. The molecule has 0 bridgehead atoms. The molecular formula is C21H31N5OS. The third kappa shape index (κ3) is 5.12. The van der Waals surface area contributed by atoms with Crippen LogP contribution in [0.3, 0.4) is 0 Å². The van der Waals surface area contributed by atoms with Gasteiger partial charge in [-0.15, -0.1) is 0 Å². The van der Waals surface area contributed by atoms with Crippen LogP contribution in [0.5, 0.6) is 0 Å². The van der Waals surface area contributed by atoms with Crippen LogP contribution in [0.2, 0.25) is 0 Å². The highest BCUT2D eigenvalue weighted by Gasteiger charge is 2.32. The molecule has 2 aliphatic heterocycles. The van der Waals surface area contributed by atoms with E-state index in [9.17, 15) is 5.26 Å². The number of rotatable bonds is 5. The lowest BCUT2D eigenvalue weighted by Gasteiger charge is -2.38. The van der Waals surface area contributed by atoms with Gasteiger partial charge in [-0.2, -0.15) is 17.0 Å². The van der Waals surface area contributed by atoms with Gasteiger partial charge >= 0.3 is 0 Å². The largest absolute Gasteiger partial charge is 0.381 e. The van der Waals surface area contributed by atoms with E-state index in [4.69, 9.17) is 4.74 Å². The van der Waals surface area contributed by atoms with E-state index in [0.29, 0.717) is 6.04 Å². The van der Waals surface area contributed by atoms with Crippen molar-refractivity contribution in [2.24, 2.45) is 4.99 Å². The molecule has 0 aromatic heterocycles. The van der Waals surface area contributed by atoms with Crippen molar-refractivity contribution in [2.45, 2.75) is 36.5 Å². The minimum atomic E-state index is 0.222. The molecular weight excluding hydrogens is 370 g/mol. The van der Waals surface area contributed by atoms with Gasteiger partial charge in [-0.05, 0) is 44.1 Å². The smallest absolute Gasteiger partial charge is 0.191 e. The van der Waals surface area contributed by atoms with Crippen molar-refractivity contribution in [2.75, 3.05) is 51.1 Å². The Morgan fingerprint density at radius 3 is 2.89 bits per heavy atom. The van der Waals surface area contributed by atoms with Crippen molar-refractivity contribution in [3.63, 3.8) is 0 Å². The van der Waals surface area contributed by atoms with E-state index in [2.05, 4.69) is 32.9 Å². The summed E-state index contributed by atoms with van der Waals surface area (Å²) in [5.74, 6) is 0.861. The summed E-state index contributed by atoms with van der Waals surface area (Å²) in [6.45, 7) is 4.43. The number of para-hydroxylation sites is 1. The molecule has 3 rings (SSSR count). The fourth-order valence-electron chi connectivity index (χ4n) is 3.99. The van der Waals surface area contributed by atoms with Crippen molar-refractivity contribution in [3.8, 4) is 6.07 Å². The van der Waals surface area contributed by atoms with Crippen LogP contribution >= 0.6 is 11.8 Å². The molecule has 7 heteroatoms. The molecule has 1 atom stereocenters. The quantitative estimate of drug-likeness (QED) is 0.584. The average Bonchev–Trinajstić information content (AvgIpc) is 2.77. The van der Waals surface area contributed by atoms with Gasteiger partial charge in [0.1, 0.15) is 6.07 Å². The number of nitriles is 1. The molecule has 2 aliphatic rings. The fourth-order valence-corrected chi connectivity index (χ4v) is 4.78. The molecule has 0 amide bonds. The number of guanidine groups is 1. The molecule has 6 nitrogen and oxygen atoms in total. The molecule has 0 spiro atoms. The second-order valence-corrected chi connectivity index (χ2v) is 8.76. The topological polar surface area (TPSA) is 72.7 Å². The number of hydrogen-bond acceptors (Lipinski definition) is 5. The number of thioether (sulfide) groups is 1. The van der Waals surface area contributed by atoms with E-state index < -0.39 is 0 Å². The van der Waals surface area contributed by atoms with Gasteiger partial charge in [0.05, 0.1) is 11.3 Å². The highest BCUT2D eigenvalue weighted by molar-refractivity contribution is 8.00. The van der Waals surface area contributed by atoms with E-state index in [-0.39, 0.29) is 4.75 Å². The molecule has 0 radical (unpaired) electrons. The summed E-state index contributed by atoms with van der Waals surface area (Å²) in [7, 11) is 1.83. The first-order valence-corrected chi connectivity index (χ1v) is 11.3. The van der Waals surface area contributed by atoms with E-state index in [0.717, 1.165) is 75.7 Å². The number of anilines is 1. The standard InChI is InChI=1S/C21H31N5OS/c1-23-20(24-16-21(28-2)9-12-27-13-10-21)25-18-7-5-11-26(15-18)19-8-4-3-6-17(19)14-22/h3-4,6,8,18H,5,7,9-13,15-16H2,1-2H3,(H2,23,24,25). The molecule has 2 heterocycles. The van der Waals surface area contributed by atoms with Crippen molar-refractivity contribution < 1.29 is 4.74 Å². The Balaban J connectivity index is 1.58. The van der Waals surface area contributed by atoms with Crippen molar-refractivity contribution >= 4 is 23.4 Å². The Hall–Kier alpha value is -1.91. The number of nitrogens with zero attached hydrogens (tertiary/aromatic N) is 3. The third-order valence-corrected chi connectivity index (χ3v) is 7.18. The van der Waals surface area contributed by atoms with E-state index in [1.54, 1.807) is 0 Å². The van der Waals surface area contributed by atoms with Gasteiger partial charge in [0, 0.05) is 50.7 Å². The molecule has 1 unspecified atom stereocenters. The maximum absolute atomic E-state index is 9.41. The Labute approximate surface area is 172 Å². The second-order valence-electron chi connectivity index (χ2n) is 7.48. The lowest BCUT2D eigenvalue weighted by molar-refractivity contribution is 0.0782. The van der Waals surface area contributed by atoms with E-state index in [1.165, 1.54) is 0 Å². The van der Waals surface area contributed by atoms with Gasteiger partial charge in [-0.1, -0.05) is 12.1 Å². The zero-order valence-electron chi connectivity index (χ0n) is 16.9. The summed E-state index contributed by atoms with van der Waals surface area (Å²) in [6.07, 6.45) is 6.53. The number of ether oxygens (including phenoxy) is 1. The summed E-state index contributed by atoms with van der Waals surface area (Å²) in [5, 5.41) is 16.6. The number of hydrogen-bond donors (Lipinski definition) is 2. The van der Waals surface area contributed by atoms with Crippen LogP contribution in [0.4, 0.5) is 5.69 Å². The maximum atomic E-state index is 9.41. The molecule has 1 aromatic rings. The van der Waals surface area contributed by atoms with Gasteiger partial charge in [0.15, 0.2) is 5.96 Å². The second kappa shape index (κ2) is 10.0. The van der Waals surface area contributed by atoms with Crippen LogP contribution in [-0.2, 0) is 4.74 Å². The van der Waals surface area contributed by atoms with Crippen molar-refractivity contribution in [1.82, 2.24) is 10.6 Å². The number of piperidine rings is 1.